The monoisotopic (exact) mass is 427 g/mol. The number of sulfonamides is 1. The Labute approximate surface area is 175 Å². The molecule has 0 radical (unpaired) electrons. The van der Waals surface area contributed by atoms with Gasteiger partial charge >= 0.3 is 0 Å². The summed E-state index contributed by atoms with van der Waals surface area (Å²) in [5.41, 5.74) is 0. The summed E-state index contributed by atoms with van der Waals surface area (Å²) in [5, 5.41) is 0. The number of amides is 2. The minimum absolute atomic E-state index is 0.0831. The number of unbranched alkanes of at least 4 members (excludes halogenated alkanes) is 2. The topological polar surface area (TPSA) is 78.0 Å². The highest BCUT2D eigenvalue weighted by atomic mass is 32.2. The zero-order valence-corrected chi connectivity index (χ0v) is 18.8. The van der Waals surface area contributed by atoms with Crippen LogP contribution in [0.3, 0.4) is 0 Å². The van der Waals surface area contributed by atoms with Crippen LogP contribution in [-0.2, 0) is 19.6 Å². The highest BCUT2D eigenvalue weighted by molar-refractivity contribution is 7.88. The number of likely N-dealkylation sites (tertiary alicyclic amines) is 2. The van der Waals surface area contributed by atoms with Crippen LogP contribution in [0.1, 0.15) is 71.1 Å². The normalized spacial score (nSPS) is 28.2. The SMILES string of the molecule is CCC[C@H]1C(=O)N(S(C)(=O)=O)[C@H]2CCN(C(=O)CCCCCN3CCCCC3)[C@H]12. The van der Waals surface area contributed by atoms with E-state index in [4.69, 9.17) is 0 Å². The van der Waals surface area contributed by atoms with Crippen LogP contribution in [-0.4, -0.2) is 78.9 Å². The molecule has 8 heteroatoms. The molecule has 3 aliphatic rings. The molecule has 2 amide bonds. The van der Waals surface area contributed by atoms with Gasteiger partial charge in [-0.2, -0.15) is 0 Å². The lowest BCUT2D eigenvalue weighted by atomic mass is 9.94. The molecule has 166 valence electrons. The molecule has 0 bridgehead atoms. The first-order chi connectivity index (χ1) is 13.8. The molecule has 3 saturated heterocycles. The average Bonchev–Trinajstić information content (AvgIpc) is 3.20. The molecular weight excluding hydrogens is 390 g/mol. The molecule has 0 aromatic rings. The summed E-state index contributed by atoms with van der Waals surface area (Å²) in [7, 11) is -3.60. The van der Waals surface area contributed by atoms with Crippen LogP contribution in [0.15, 0.2) is 0 Å². The molecule has 0 spiro atoms. The standard InChI is InChI=1S/C21H37N3O4S/c1-3-10-17-20-18(24(21(17)26)29(2,27)28)12-16-23(20)19(25)11-6-4-7-13-22-14-8-5-9-15-22/h17-18,20H,3-16H2,1-2H3/t17-,18+,20-/m1/s1. The third-order valence-electron chi connectivity index (χ3n) is 6.76. The fourth-order valence-electron chi connectivity index (χ4n) is 5.43. The number of hydrogen-bond donors (Lipinski definition) is 0. The van der Waals surface area contributed by atoms with Crippen molar-refractivity contribution in [1.82, 2.24) is 14.1 Å². The van der Waals surface area contributed by atoms with Gasteiger partial charge in [0.2, 0.25) is 21.8 Å². The van der Waals surface area contributed by atoms with Gasteiger partial charge in [-0.05, 0) is 58.2 Å². The molecule has 3 aliphatic heterocycles. The third kappa shape index (κ3) is 5.13. The number of carbonyl (C=O) groups excluding carboxylic acids is 2. The van der Waals surface area contributed by atoms with Crippen LogP contribution in [0, 0.1) is 5.92 Å². The van der Waals surface area contributed by atoms with Crippen molar-refractivity contribution in [2.24, 2.45) is 5.92 Å². The van der Waals surface area contributed by atoms with Gasteiger partial charge in [0, 0.05) is 13.0 Å². The average molecular weight is 428 g/mol. The number of fused-ring (bicyclic) bond motifs is 1. The van der Waals surface area contributed by atoms with E-state index in [9.17, 15) is 18.0 Å². The summed E-state index contributed by atoms with van der Waals surface area (Å²) in [6, 6.07) is -0.657. The summed E-state index contributed by atoms with van der Waals surface area (Å²) in [5.74, 6) is -0.617. The molecule has 0 unspecified atom stereocenters. The quantitative estimate of drug-likeness (QED) is 0.527. The molecule has 0 aromatic heterocycles. The van der Waals surface area contributed by atoms with E-state index in [1.54, 1.807) is 0 Å². The Kier molecular flexibility index (Phi) is 7.59. The van der Waals surface area contributed by atoms with Gasteiger partial charge in [0.25, 0.3) is 0 Å². The van der Waals surface area contributed by atoms with Gasteiger partial charge < -0.3 is 9.80 Å². The predicted molar refractivity (Wildman–Crippen MR) is 113 cm³/mol. The van der Waals surface area contributed by atoms with E-state index in [1.165, 1.54) is 32.4 Å². The first-order valence-corrected chi connectivity index (χ1v) is 13.2. The Bertz CT molecular complexity index is 690. The fraction of sp³-hybridized carbons (Fsp3) is 0.905. The lowest BCUT2D eigenvalue weighted by Crippen LogP contribution is -2.43. The maximum absolute atomic E-state index is 12.9. The molecule has 3 rings (SSSR count). The first-order valence-electron chi connectivity index (χ1n) is 11.4. The van der Waals surface area contributed by atoms with Gasteiger partial charge in [0.15, 0.2) is 0 Å². The van der Waals surface area contributed by atoms with Gasteiger partial charge in [-0.3, -0.25) is 9.59 Å². The molecular formula is C21H37N3O4S. The summed E-state index contributed by atoms with van der Waals surface area (Å²) in [6.45, 7) is 6.09. The number of hydrogen-bond acceptors (Lipinski definition) is 5. The highest BCUT2D eigenvalue weighted by Gasteiger charge is 2.56. The van der Waals surface area contributed by atoms with Crippen LogP contribution >= 0.6 is 0 Å². The van der Waals surface area contributed by atoms with E-state index in [0.29, 0.717) is 25.8 Å². The fourth-order valence-corrected chi connectivity index (χ4v) is 6.62. The Balaban J connectivity index is 1.52. The van der Waals surface area contributed by atoms with Crippen molar-refractivity contribution in [2.45, 2.75) is 83.2 Å². The number of carbonyl (C=O) groups is 2. The van der Waals surface area contributed by atoms with Crippen molar-refractivity contribution >= 4 is 21.8 Å². The molecule has 3 fully saturated rings. The van der Waals surface area contributed by atoms with Gasteiger partial charge in [0.1, 0.15) is 0 Å². The number of nitrogens with zero attached hydrogens (tertiary/aromatic N) is 3. The Hall–Kier alpha value is -1.15. The Morgan fingerprint density at radius 2 is 1.79 bits per heavy atom. The zero-order valence-electron chi connectivity index (χ0n) is 18.0. The van der Waals surface area contributed by atoms with E-state index in [-0.39, 0.29) is 29.8 Å². The summed E-state index contributed by atoms with van der Waals surface area (Å²) >= 11 is 0. The van der Waals surface area contributed by atoms with E-state index >= 15 is 0 Å². The molecule has 3 heterocycles. The third-order valence-corrected chi connectivity index (χ3v) is 7.92. The molecule has 29 heavy (non-hydrogen) atoms. The highest BCUT2D eigenvalue weighted by Crippen LogP contribution is 2.40. The Morgan fingerprint density at radius 1 is 1.07 bits per heavy atom. The second kappa shape index (κ2) is 9.77. The van der Waals surface area contributed by atoms with Crippen molar-refractivity contribution in [3.63, 3.8) is 0 Å². The Morgan fingerprint density at radius 3 is 2.45 bits per heavy atom. The van der Waals surface area contributed by atoms with E-state index in [2.05, 4.69) is 4.90 Å². The van der Waals surface area contributed by atoms with E-state index in [0.717, 1.165) is 42.8 Å². The van der Waals surface area contributed by atoms with Crippen molar-refractivity contribution in [2.75, 3.05) is 32.4 Å². The maximum Gasteiger partial charge on any atom is 0.241 e. The predicted octanol–water partition coefficient (Wildman–Crippen LogP) is 2.22. The van der Waals surface area contributed by atoms with Crippen molar-refractivity contribution in [1.29, 1.82) is 0 Å². The van der Waals surface area contributed by atoms with Gasteiger partial charge in [-0.1, -0.05) is 26.2 Å². The number of rotatable bonds is 9. The van der Waals surface area contributed by atoms with Crippen LogP contribution in [0.4, 0.5) is 0 Å². The zero-order chi connectivity index (χ0) is 21.0. The van der Waals surface area contributed by atoms with Crippen LogP contribution in [0.5, 0.6) is 0 Å². The summed E-state index contributed by atoms with van der Waals surface area (Å²) in [6.07, 6.45) is 10.6. The minimum atomic E-state index is -3.60. The van der Waals surface area contributed by atoms with Crippen molar-refractivity contribution in [3.8, 4) is 0 Å². The maximum atomic E-state index is 12.9. The molecule has 3 atom stereocenters. The largest absolute Gasteiger partial charge is 0.337 e. The van der Waals surface area contributed by atoms with Crippen LogP contribution < -0.4 is 0 Å². The molecule has 0 N–H and O–H groups in total. The van der Waals surface area contributed by atoms with Crippen molar-refractivity contribution in [3.05, 3.63) is 0 Å². The van der Waals surface area contributed by atoms with E-state index in [1.807, 2.05) is 11.8 Å². The minimum Gasteiger partial charge on any atom is -0.337 e. The van der Waals surface area contributed by atoms with Crippen molar-refractivity contribution < 1.29 is 18.0 Å². The van der Waals surface area contributed by atoms with Crippen LogP contribution in [0.25, 0.3) is 0 Å². The molecule has 0 aliphatic carbocycles. The lowest BCUT2D eigenvalue weighted by Gasteiger charge is -2.28. The summed E-state index contributed by atoms with van der Waals surface area (Å²) < 4.78 is 25.4. The van der Waals surface area contributed by atoms with Crippen LogP contribution in [0.2, 0.25) is 0 Å². The van der Waals surface area contributed by atoms with Gasteiger partial charge in [0.05, 0.1) is 24.3 Å². The summed E-state index contributed by atoms with van der Waals surface area (Å²) in [4.78, 5) is 30.0. The molecule has 7 nitrogen and oxygen atoms in total. The second-order valence-corrected chi connectivity index (χ2v) is 10.8. The first kappa shape index (κ1) is 22.5. The smallest absolute Gasteiger partial charge is 0.241 e. The number of piperidine rings is 1. The van der Waals surface area contributed by atoms with Gasteiger partial charge in [-0.25, -0.2) is 12.7 Å². The van der Waals surface area contributed by atoms with E-state index < -0.39 is 10.0 Å². The second-order valence-electron chi connectivity index (χ2n) is 8.94. The van der Waals surface area contributed by atoms with Gasteiger partial charge in [-0.15, -0.1) is 0 Å². The molecule has 0 saturated carbocycles. The lowest BCUT2D eigenvalue weighted by molar-refractivity contribution is -0.134. The molecule has 0 aromatic carbocycles.